The summed E-state index contributed by atoms with van der Waals surface area (Å²) in [5, 5.41) is 2.26. The van der Waals surface area contributed by atoms with Crippen LogP contribution in [0.25, 0.3) is 66.4 Å². The molecule has 0 unspecified atom stereocenters. The Morgan fingerprint density at radius 2 is 0.857 bits per heavy atom. The van der Waals surface area contributed by atoms with Gasteiger partial charge < -0.3 is 9.32 Å². The van der Waals surface area contributed by atoms with Gasteiger partial charge in [0.15, 0.2) is 0 Å². The van der Waals surface area contributed by atoms with Crippen molar-refractivity contribution < 1.29 is 4.42 Å². The van der Waals surface area contributed by atoms with Crippen LogP contribution in [0.15, 0.2) is 253 Å². The smallest absolute Gasteiger partial charge is 0.135 e. The van der Waals surface area contributed by atoms with Gasteiger partial charge in [-0.25, -0.2) is 0 Å². The summed E-state index contributed by atoms with van der Waals surface area (Å²) in [5.74, 6) is 0. The van der Waals surface area contributed by atoms with Crippen LogP contribution in [0.2, 0.25) is 0 Å². The van der Waals surface area contributed by atoms with Gasteiger partial charge >= 0.3 is 0 Å². The molecule has 0 radical (unpaired) electrons. The largest absolute Gasteiger partial charge is 0.456 e. The Labute approximate surface area is 367 Å². The SMILES string of the molecule is c1ccc(-c2ccccc2N(c2ccc(-c3ccc4oc5ccccc5c4c3)cc2)c2cccc(-c3ccc4c(c3)-c3ccccc3C4(c3ccccc3)c3ccccc3)c2)cc1. The second kappa shape index (κ2) is 15.1. The van der Waals surface area contributed by atoms with E-state index in [-0.39, 0.29) is 0 Å². The van der Waals surface area contributed by atoms with Gasteiger partial charge in [-0.15, -0.1) is 0 Å². The highest BCUT2D eigenvalue weighted by molar-refractivity contribution is 6.06. The van der Waals surface area contributed by atoms with E-state index in [0.717, 1.165) is 61.3 Å². The second-order valence-corrected chi connectivity index (χ2v) is 16.4. The fourth-order valence-electron chi connectivity index (χ4n) is 10.1. The van der Waals surface area contributed by atoms with Crippen LogP contribution in [0.4, 0.5) is 17.1 Å². The van der Waals surface area contributed by atoms with E-state index in [1.807, 2.05) is 12.1 Å². The predicted octanol–water partition coefficient (Wildman–Crippen LogP) is 16.4. The highest BCUT2D eigenvalue weighted by atomic mass is 16.3. The minimum Gasteiger partial charge on any atom is -0.456 e. The molecule has 2 heteroatoms. The van der Waals surface area contributed by atoms with Crippen LogP contribution in [0.5, 0.6) is 0 Å². The first-order valence-electron chi connectivity index (χ1n) is 21.7. The van der Waals surface area contributed by atoms with E-state index in [1.54, 1.807) is 0 Å². The minimum atomic E-state index is -0.434. The van der Waals surface area contributed by atoms with Crippen molar-refractivity contribution in [2.75, 3.05) is 4.90 Å². The Hall–Kier alpha value is -8.20. The van der Waals surface area contributed by atoms with Gasteiger partial charge in [0, 0.05) is 27.7 Å². The molecule has 1 heterocycles. The molecule has 11 aromatic rings. The van der Waals surface area contributed by atoms with E-state index in [2.05, 4.69) is 241 Å². The average Bonchev–Trinajstić information content (AvgIpc) is 3.89. The molecule has 0 amide bonds. The number of furan rings is 1. The Morgan fingerprint density at radius 3 is 1.63 bits per heavy atom. The van der Waals surface area contributed by atoms with Crippen molar-refractivity contribution in [1.29, 1.82) is 0 Å². The number of hydrogen-bond acceptors (Lipinski definition) is 2. The maximum Gasteiger partial charge on any atom is 0.135 e. The molecule has 0 atom stereocenters. The van der Waals surface area contributed by atoms with E-state index in [0.29, 0.717) is 0 Å². The number of anilines is 3. The van der Waals surface area contributed by atoms with Crippen LogP contribution in [-0.4, -0.2) is 0 Å². The monoisotopic (exact) mass is 803 g/mol. The molecule has 0 spiro atoms. The van der Waals surface area contributed by atoms with Gasteiger partial charge in [-0.2, -0.15) is 0 Å². The van der Waals surface area contributed by atoms with Gasteiger partial charge in [0.05, 0.1) is 11.1 Å². The van der Waals surface area contributed by atoms with E-state index >= 15 is 0 Å². The van der Waals surface area contributed by atoms with Gasteiger partial charge in [0.1, 0.15) is 11.2 Å². The number of para-hydroxylation sites is 2. The number of benzene rings is 10. The van der Waals surface area contributed by atoms with Crippen LogP contribution >= 0.6 is 0 Å². The van der Waals surface area contributed by atoms with Crippen LogP contribution < -0.4 is 4.90 Å². The summed E-state index contributed by atoms with van der Waals surface area (Å²) in [4.78, 5) is 2.40. The van der Waals surface area contributed by atoms with E-state index in [9.17, 15) is 0 Å². The quantitative estimate of drug-likeness (QED) is 0.152. The molecule has 0 fully saturated rings. The lowest BCUT2D eigenvalue weighted by atomic mass is 9.67. The lowest BCUT2D eigenvalue weighted by Gasteiger charge is -2.33. The highest BCUT2D eigenvalue weighted by Gasteiger charge is 2.46. The molecule has 0 saturated carbocycles. The third-order valence-electron chi connectivity index (χ3n) is 13.0. The molecule has 0 saturated heterocycles. The fraction of sp³-hybridized carbons (Fsp3) is 0.0164. The molecule has 2 nitrogen and oxygen atoms in total. The van der Waals surface area contributed by atoms with Gasteiger partial charge in [-0.3, -0.25) is 0 Å². The van der Waals surface area contributed by atoms with Gasteiger partial charge in [0.2, 0.25) is 0 Å². The third kappa shape index (κ3) is 6.02. The zero-order valence-corrected chi connectivity index (χ0v) is 34.5. The molecule has 0 bridgehead atoms. The lowest BCUT2D eigenvalue weighted by Crippen LogP contribution is -2.28. The lowest BCUT2D eigenvalue weighted by molar-refractivity contribution is 0.669. The Balaban J connectivity index is 0.992. The summed E-state index contributed by atoms with van der Waals surface area (Å²) in [7, 11) is 0. The zero-order chi connectivity index (χ0) is 41.7. The minimum absolute atomic E-state index is 0.434. The number of hydrogen-bond donors (Lipinski definition) is 0. The first-order valence-corrected chi connectivity index (χ1v) is 21.7. The van der Waals surface area contributed by atoms with E-state index in [1.165, 1.54) is 44.5 Å². The van der Waals surface area contributed by atoms with Crippen molar-refractivity contribution >= 4 is 39.0 Å². The molecular formula is C61H41NO. The van der Waals surface area contributed by atoms with Gasteiger partial charge in [-0.1, -0.05) is 194 Å². The van der Waals surface area contributed by atoms with Crippen molar-refractivity contribution in [3.8, 4) is 44.5 Å². The van der Waals surface area contributed by atoms with Crippen LogP contribution in [0.3, 0.4) is 0 Å². The Kier molecular flexibility index (Phi) is 8.76. The first kappa shape index (κ1) is 36.6. The molecule has 12 rings (SSSR count). The second-order valence-electron chi connectivity index (χ2n) is 16.4. The van der Waals surface area contributed by atoms with Crippen molar-refractivity contribution in [3.63, 3.8) is 0 Å². The molecule has 0 aliphatic heterocycles. The molecule has 1 aliphatic rings. The average molecular weight is 804 g/mol. The van der Waals surface area contributed by atoms with Crippen LogP contribution in [0, 0.1) is 0 Å². The summed E-state index contributed by atoms with van der Waals surface area (Å²) in [6.07, 6.45) is 0. The molecular weight excluding hydrogens is 763 g/mol. The van der Waals surface area contributed by atoms with Crippen molar-refractivity contribution in [3.05, 3.63) is 271 Å². The van der Waals surface area contributed by atoms with Crippen LogP contribution in [0.1, 0.15) is 22.3 Å². The summed E-state index contributed by atoms with van der Waals surface area (Å²) < 4.78 is 6.16. The number of rotatable bonds is 8. The van der Waals surface area contributed by atoms with Crippen molar-refractivity contribution in [2.24, 2.45) is 0 Å². The van der Waals surface area contributed by atoms with Gasteiger partial charge in [0.25, 0.3) is 0 Å². The summed E-state index contributed by atoms with van der Waals surface area (Å²) in [6.45, 7) is 0. The van der Waals surface area contributed by atoms with E-state index in [4.69, 9.17) is 4.42 Å². The standard InChI is InChI=1S/C61H41NO/c1-4-17-43(18-5-1)51-25-11-14-29-58(51)62(49-35-31-42(32-36-49)45-34-38-60-55(41-45)53-27-12-15-30-59(53)63-60)50-24-16-19-44(39-50)46-33-37-57-54(40-46)52-26-10-13-28-56(52)61(57,47-20-6-2-7-21-47)48-22-8-3-9-23-48/h1-41H. The third-order valence-corrected chi connectivity index (χ3v) is 13.0. The summed E-state index contributed by atoms with van der Waals surface area (Å²) in [5.41, 5.74) is 19.3. The molecule has 1 aliphatic carbocycles. The van der Waals surface area contributed by atoms with Crippen LogP contribution in [-0.2, 0) is 5.41 Å². The summed E-state index contributed by atoms with van der Waals surface area (Å²) >= 11 is 0. The van der Waals surface area contributed by atoms with Crippen molar-refractivity contribution in [2.45, 2.75) is 5.41 Å². The van der Waals surface area contributed by atoms with Gasteiger partial charge in [-0.05, 0) is 116 Å². The molecule has 10 aromatic carbocycles. The molecule has 1 aromatic heterocycles. The maximum absolute atomic E-state index is 6.16. The molecule has 63 heavy (non-hydrogen) atoms. The zero-order valence-electron chi connectivity index (χ0n) is 34.5. The first-order chi connectivity index (χ1) is 31.2. The number of nitrogens with zero attached hydrogens (tertiary/aromatic N) is 1. The molecule has 0 N–H and O–H groups in total. The highest BCUT2D eigenvalue weighted by Crippen LogP contribution is 2.56. The Morgan fingerprint density at radius 1 is 0.302 bits per heavy atom. The van der Waals surface area contributed by atoms with E-state index < -0.39 is 5.41 Å². The number of fused-ring (bicyclic) bond motifs is 6. The molecule has 296 valence electrons. The summed E-state index contributed by atoms with van der Waals surface area (Å²) in [6, 6.07) is 90.3. The topological polar surface area (TPSA) is 16.4 Å². The fourth-order valence-corrected chi connectivity index (χ4v) is 10.1. The predicted molar refractivity (Wildman–Crippen MR) is 262 cm³/mol. The maximum atomic E-state index is 6.16. The van der Waals surface area contributed by atoms with Crippen molar-refractivity contribution in [1.82, 2.24) is 0 Å². The Bertz CT molecular complexity index is 3400. The normalized spacial score (nSPS) is 12.6.